The molecule has 0 aliphatic carbocycles. The van der Waals surface area contributed by atoms with Crippen LogP contribution in [0.1, 0.15) is 32.4 Å². The third kappa shape index (κ3) is 4.07. The zero-order valence-electron chi connectivity index (χ0n) is 13.1. The molecule has 5 heteroatoms. The van der Waals surface area contributed by atoms with Crippen molar-refractivity contribution in [1.29, 1.82) is 0 Å². The molecule has 0 unspecified atom stereocenters. The van der Waals surface area contributed by atoms with Gasteiger partial charge < -0.3 is 15.0 Å². The first-order valence-electron chi connectivity index (χ1n) is 7.42. The van der Waals surface area contributed by atoms with Crippen molar-refractivity contribution < 1.29 is 4.74 Å². The Morgan fingerprint density at radius 2 is 2.05 bits per heavy atom. The maximum absolute atomic E-state index is 5.46. The van der Waals surface area contributed by atoms with Crippen molar-refractivity contribution in [3.05, 3.63) is 11.8 Å². The van der Waals surface area contributed by atoms with Crippen LogP contribution in [0, 0.1) is 12.3 Å². The Morgan fingerprint density at radius 1 is 1.35 bits per heavy atom. The molecule has 0 aromatic carbocycles. The van der Waals surface area contributed by atoms with E-state index in [0.29, 0.717) is 23.9 Å². The van der Waals surface area contributed by atoms with E-state index in [1.165, 1.54) is 12.8 Å². The summed E-state index contributed by atoms with van der Waals surface area (Å²) in [4.78, 5) is 11.2. The Labute approximate surface area is 121 Å². The first kappa shape index (κ1) is 15.0. The van der Waals surface area contributed by atoms with Crippen molar-refractivity contribution in [2.75, 3.05) is 38.6 Å². The Bertz CT molecular complexity index is 441. The summed E-state index contributed by atoms with van der Waals surface area (Å²) in [5.41, 5.74) is 1.25. The van der Waals surface area contributed by atoms with Gasteiger partial charge in [-0.15, -0.1) is 0 Å². The van der Waals surface area contributed by atoms with Crippen LogP contribution in [0.4, 0.5) is 5.95 Å². The smallest absolute Gasteiger partial charge is 0.226 e. The van der Waals surface area contributed by atoms with E-state index in [-0.39, 0.29) is 0 Å². The number of hydrogen-bond acceptors (Lipinski definition) is 5. The minimum Gasteiger partial charge on any atom is -0.478 e. The summed E-state index contributed by atoms with van der Waals surface area (Å²) >= 11 is 0. The molecule has 0 spiro atoms. The largest absolute Gasteiger partial charge is 0.478 e. The van der Waals surface area contributed by atoms with E-state index in [4.69, 9.17) is 4.74 Å². The molecule has 0 radical (unpaired) electrons. The van der Waals surface area contributed by atoms with Crippen LogP contribution in [0.2, 0.25) is 0 Å². The van der Waals surface area contributed by atoms with Crippen LogP contribution in [0.25, 0.3) is 0 Å². The molecule has 1 aromatic heterocycles. The molecule has 1 aromatic rings. The van der Waals surface area contributed by atoms with E-state index in [0.717, 1.165) is 25.3 Å². The summed E-state index contributed by atoms with van der Waals surface area (Å²) in [6, 6.07) is 1.87. The molecule has 0 atom stereocenters. The Kier molecular flexibility index (Phi) is 4.81. The zero-order chi connectivity index (χ0) is 14.6. The highest BCUT2D eigenvalue weighted by atomic mass is 16.5. The molecule has 20 heavy (non-hydrogen) atoms. The molecule has 0 saturated carbocycles. The van der Waals surface area contributed by atoms with Gasteiger partial charge in [-0.2, -0.15) is 4.98 Å². The molecule has 1 aliphatic rings. The zero-order valence-corrected chi connectivity index (χ0v) is 13.1. The van der Waals surface area contributed by atoms with Crippen LogP contribution < -0.4 is 10.1 Å². The molecule has 1 N–H and O–H groups in total. The fourth-order valence-corrected chi connectivity index (χ4v) is 2.47. The SMILES string of the molecule is CCOc1cc(C)nc(NCC2(C)CCN(C)CC2)n1. The standard InChI is InChI=1S/C15H26N4O/c1-5-20-13-10-12(2)17-14(18-13)16-11-15(3)6-8-19(4)9-7-15/h10H,5-9,11H2,1-4H3,(H,16,17,18). The third-order valence-corrected chi connectivity index (χ3v) is 3.99. The summed E-state index contributed by atoms with van der Waals surface area (Å²) in [5.74, 6) is 1.32. The monoisotopic (exact) mass is 278 g/mol. The Morgan fingerprint density at radius 3 is 2.70 bits per heavy atom. The number of piperidine rings is 1. The van der Waals surface area contributed by atoms with Crippen LogP contribution in [-0.4, -0.2) is 48.2 Å². The van der Waals surface area contributed by atoms with Crippen LogP contribution >= 0.6 is 0 Å². The molecule has 1 fully saturated rings. The van der Waals surface area contributed by atoms with Crippen molar-refractivity contribution in [2.24, 2.45) is 5.41 Å². The minimum absolute atomic E-state index is 0.325. The lowest BCUT2D eigenvalue weighted by Crippen LogP contribution is -2.40. The second-order valence-electron chi connectivity index (χ2n) is 6.07. The first-order valence-corrected chi connectivity index (χ1v) is 7.42. The average molecular weight is 278 g/mol. The van der Waals surface area contributed by atoms with Crippen molar-refractivity contribution in [3.8, 4) is 5.88 Å². The van der Waals surface area contributed by atoms with E-state index < -0.39 is 0 Å². The maximum Gasteiger partial charge on any atom is 0.226 e. The van der Waals surface area contributed by atoms with Gasteiger partial charge in [-0.3, -0.25) is 0 Å². The van der Waals surface area contributed by atoms with Crippen LogP contribution in [-0.2, 0) is 0 Å². The van der Waals surface area contributed by atoms with Gasteiger partial charge in [0.1, 0.15) is 0 Å². The highest BCUT2D eigenvalue weighted by Crippen LogP contribution is 2.30. The van der Waals surface area contributed by atoms with E-state index in [1.54, 1.807) is 0 Å². The van der Waals surface area contributed by atoms with Crippen LogP contribution in [0.3, 0.4) is 0 Å². The van der Waals surface area contributed by atoms with Crippen LogP contribution in [0.5, 0.6) is 5.88 Å². The van der Waals surface area contributed by atoms with Gasteiger partial charge >= 0.3 is 0 Å². The van der Waals surface area contributed by atoms with E-state index in [1.807, 2.05) is 19.9 Å². The number of nitrogens with zero attached hydrogens (tertiary/aromatic N) is 3. The number of hydrogen-bond donors (Lipinski definition) is 1. The summed E-state index contributed by atoms with van der Waals surface area (Å²) < 4.78 is 5.46. The normalized spacial score (nSPS) is 18.8. The highest BCUT2D eigenvalue weighted by Gasteiger charge is 2.28. The lowest BCUT2D eigenvalue weighted by Gasteiger charge is -2.37. The van der Waals surface area contributed by atoms with Crippen LogP contribution in [0.15, 0.2) is 6.07 Å². The molecule has 0 amide bonds. The molecular weight excluding hydrogens is 252 g/mol. The molecular formula is C15H26N4O. The summed E-state index contributed by atoms with van der Waals surface area (Å²) in [5, 5.41) is 3.39. The quantitative estimate of drug-likeness (QED) is 0.896. The van der Waals surface area contributed by atoms with E-state index in [2.05, 4.69) is 34.2 Å². The van der Waals surface area contributed by atoms with E-state index in [9.17, 15) is 0 Å². The predicted molar refractivity (Wildman–Crippen MR) is 81.3 cm³/mol. The van der Waals surface area contributed by atoms with E-state index >= 15 is 0 Å². The molecule has 2 heterocycles. The summed E-state index contributed by atoms with van der Waals surface area (Å²) in [7, 11) is 2.19. The van der Waals surface area contributed by atoms with Crippen molar-refractivity contribution in [1.82, 2.24) is 14.9 Å². The predicted octanol–water partition coefficient (Wildman–Crippen LogP) is 2.33. The Balaban J connectivity index is 1.96. The van der Waals surface area contributed by atoms with Gasteiger partial charge in [-0.05, 0) is 52.2 Å². The fraction of sp³-hybridized carbons (Fsp3) is 0.733. The molecule has 1 aliphatic heterocycles. The van der Waals surface area contributed by atoms with Gasteiger partial charge in [-0.25, -0.2) is 4.98 Å². The molecule has 0 bridgehead atoms. The number of nitrogens with one attached hydrogen (secondary N) is 1. The average Bonchev–Trinajstić information content (AvgIpc) is 2.40. The fourth-order valence-electron chi connectivity index (χ4n) is 2.47. The summed E-state index contributed by atoms with van der Waals surface area (Å²) in [6.07, 6.45) is 2.42. The first-order chi connectivity index (χ1) is 9.50. The molecule has 112 valence electrons. The summed E-state index contributed by atoms with van der Waals surface area (Å²) in [6.45, 7) is 10.1. The van der Waals surface area contributed by atoms with Crippen molar-refractivity contribution in [3.63, 3.8) is 0 Å². The number of aryl methyl sites for hydroxylation is 1. The van der Waals surface area contributed by atoms with Crippen molar-refractivity contribution in [2.45, 2.75) is 33.6 Å². The third-order valence-electron chi connectivity index (χ3n) is 3.99. The highest BCUT2D eigenvalue weighted by molar-refractivity contribution is 5.31. The van der Waals surface area contributed by atoms with Gasteiger partial charge in [0.2, 0.25) is 11.8 Å². The lowest BCUT2D eigenvalue weighted by atomic mass is 9.80. The number of likely N-dealkylation sites (tertiary alicyclic amines) is 1. The van der Waals surface area contributed by atoms with Gasteiger partial charge in [0.25, 0.3) is 0 Å². The maximum atomic E-state index is 5.46. The number of aromatic nitrogens is 2. The molecule has 5 nitrogen and oxygen atoms in total. The minimum atomic E-state index is 0.325. The van der Waals surface area contributed by atoms with Gasteiger partial charge in [0, 0.05) is 18.3 Å². The second-order valence-corrected chi connectivity index (χ2v) is 6.07. The number of ether oxygens (including phenoxy) is 1. The van der Waals surface area contributed by atoms with Crippen molar-refractivity contribution >= 4 is 5.95 Å². The topological polar surface area (TPSA) is 50.3 Å². The Hall–Kier alpha value is -1.36. The van der Waals surface area contributed by atoms with Gasteiger partial charge in [0.05, 0.1) is 6.61 Å². The van der Waals surface area contributed by atoms with Gasteiger partial charge in [0.15, 0.2) is 0 Å². The lowest BCUT2D eigenvalue weighted by molar-refractivity contribution is 0.150. The van der Waals surface area contributed by atoms with Gasteiger partial charge in [-0.1, -0.05) is 6.92 Å². The number of anilines is 1. The second kappa shape index (κ2) is 6.39. The molecule has 1 saturated heterocycles. The molecule has 2 rings (SSSR count). The number of rotatable bonds is 5.